The van der Waals surface area contributed by atoms with E-state index in [0.29, 0.717) is 0 Å². The van der Waals surface area contributed by atoms with Crippen LogP contribution >= 0.6 is 0 Å². The van der Waals surface area contributed by atoms with E-state index in [9.17, 15) is 0 Å². The monoisotopic (exact) mass is 218 g/mol. The Morgan fingerprint density at radius 3 is 2.69 bits per heavy atom. The zero-order valence-electron chi connectivity index (χ0n) is 10.4. The van der Waals surface area contributed by atoms with Gasteiger partial charge in [0.05, 0.1) is 0 Å². The molecule has 1 aliphatic rings. The molecule has 2 N–H and O–H groups in total. The SMILES string of the molecule is Cc1ccc(N)c(CN2CCC(C)CC2)c1. The highest BCUT2D eigenvalue weighted by Crippen LogP contribution is 2.21. The van der Waals surface area contributed by atoms with E-state index < -0.39 is 0 Å². The highest BCUT2D eigenvalue weighted by molar-refractivity contribution is 5.48. The third-order valence-corrected chi connectivity index (χ3v) is 3.57. The maximum absolute atomic E-state index is 6.01. The summed E-state index contributed by atoms with van der Waals surface area (Å²) in [6, 6.07) is 6.32. The molecule has 0 aromatic heterocycles. The van der Waals surface area contributed by atoms with Crippen molar-refractivity contribution in [3.05, 3.63) is 29.3 Å². The Hall–Kier alpha value is -1.02. The van der Waals surface area contributed by atoms with E-state index in [1.54, 1.807) is 0 Å². The topological polar surface area (TPSA) is 29.3 Å². The molecule has 0 amide bonds. The van der Waals surface area contributed by atoms with E-state index in [-0.39, 0.29) is 0 Å². The number of likely N-dealkylation sites (tertiary alicyclic amines) is 1. The molecule has 0 bridgehead atoms. The Morgan fingerprint density at radius 2 is 2.00 bits per heavy atom. The molecule has 1 saturated heterocycles. The summed E-state index contributed by atoms with van der Waals surface area (Å²) in [4.78, 5) is 2.52. The number of piperidine rings is 1. The summed E-state index contributed by atoms with van der Waals surface area (Å²) in [5.41, 5.74) is 9.53. The van der Waals surface area contributed by atoms with Crippen LogP contribution in [0.25, 0.3) is 0 Å². The van der Waals surface area contributed by atoms with Gasteiger partial charge in [0.2, 0.25) is 0 Å². The maximum Gasteiger partial charge on any atom is 0.0359 e. The summed E-state index contributed by atoms with van der Waals surface area (Å²) in [5, 5.41) is 0. The number of nitrogens with zero attached hydrogens (tertiary/aromatic N) is 1. The van der Waals surface area contributed by atoms with Gasteiger partial charge in [0.1, 0.15) is 0 Å². The second-order valence-corrected chi connectivity index (χ2v) is 5.16. The first kappa shape index (κ1) is 11.5. The van der Waals surface area contributed by atoms with Gasteiger partial charge >= 0.3 is 0 Å². The fourth-order valence-corrected chi connectivity index (χ4v) is 2.33. The van der Waals surface area contributed by atoms with Crippen LogP contribution in [0.4, 0.5) is 5.69 Å². The molecule has 0 atom stereocenters. The number of hydrogen-bond acceptors (Lipinski definition) is 2. The van der Waals surface area contributed by atoms with E-state index in [4.69, 9.17) is 5.73 Å². The molecule has 16 heavy (non-hydrogen) atoms. The van der Waals surface area contributed by atoms with E-state index in [0.717, 1.165) is 18.2 Å². The molecule has 0 radical (unpaired) electrons. The smallest absolute Gasteiger partial charge is 0.0359 e. The number of nitrogens with two attached hydrogens (primary N) is 1. The van der Waals surface area contributed by atoms with E-state index in [1.165, 1.54) is 37.1 Å². The molecule has 1 fully saturated rings. The summed E-state index contributed by atoms with van der Waals surface area (Å²) >= 11 is 0. The molecule has 0 aliphatic carbocycles. The molecular weight excluding hydrogens is 196 g/mol. The Kier molecular flexibility index (Phi) is 3.49. The Morgan fingerprint density at radius 1 is 1.31 bits per heavy atom. The van der Waals surface area contributed by atoms with Crippen molar-refractivity contribution in [3.63, 3.8) is 0 Å². The van der Waals surface area contributed by atoms with Gasteiger partial charge in [-0.25, -0.2) is 0 Å². The lowest BCUT2D eigenvalue weighted by molar-refractivity contribution is 0.185. The molecule has 0 spiro atoms. The molecule has 2 nitrogen and oxygen atoms in total. The predicted octanol–water partition coefficient (Wildman–Crippen LogP) is 2.81. The van der Waals surface area contributed by atoms with Crippen molar-refractivity contribution in [2.75, 3.05) is 18.8 Å². The third-order valence-electron chi connectivity index (χ3n) is 3.57. The van der Waals surface area contributed by atoms with Crippen LogP contribution in [0.3, 0.4) is 0 Å². The summed E-state index contributed by atoms with van der Waals surface area (Å²) < 4.78 is 0. The van der Waals surface area contributed by atoms with E-state index in [2.05, 4.69) is 30.9 Å². The van der Waals surface area contributed by atoms with Gasteiger partial charge in [0.15, 0.2) is 0 Å². The first-order valence-electron chi connectivity index (χ1n) is 6.22. The van der Waals surface area contributed by atoms with Crippen molar-refractivity contribution in [1.29, 1.82) is 0 Å². The van der Waals surface area contributed by atoms with Crippen molar-refractivity contribution in [2.24, 2.45) is 5.92 Å². The van der Waals surface area contributed by atoms with E-state index in [1.807, 2.05) is 6.07 Å². The molecule has 2 heteroatoms. The molecule has 2 rings (SSSR count). The molecule has 1 aromatic rings. The predicted molar refractivity (Wildman–Crippen MR) is 69.3 cm³/mol. The second kappa shape index (κ2) is 4.88. The van der Waals surface area contributed by atoms with Crippen LogP contribution in [0.5, 0.6) is 0 Å². The average molecular weight is 218 g/mol. The maximum atomic E-state index is 6.01. The van der Waals surface area contributed by atoms with Crippen molar-refractivity contribution in [3.8, 4) is 0 Å². The van der Waals surface area contributed by atoms with Crippen LogP contribution in [0.1, 0.15) is 30.9 Å². The quantitative estimate of drug-likeness (QED) is 0.773. The van der Waals surface area contributed by atoms with Crippen molar-refractivity contribution in [2.45, 2.75) is 33.2 Å². The standard InChI is InChI=1S/C14H22N2/c1-11-5-7-16(8-6-11)10-13-9-12(2)3-4-14(13)15/h3-4,9,11H,5-8,10,15H2,1-2H3. The first-order valence-corrected chi connectivity index (χ1v) is 6.22. The highest BCUT2D eigenvalue weighted by atomic mass is 15.1. The minimum absolute atomic E-state index is 0.895. The van der Waals surface area contributed by atoms with Gasteiger partial charge in [-0.2, -0.15) is 0 Å². The van der Waals surface area contributed by atoms with Crippen molar-refractivity contribution < 1.29 is 0 Å². The van der Waals surface area contributed by atoms with Gasteiger partial charge in [-0.1, -0.05) is 24.6 Å². The number of rotatable bonds is 2. The summed E-state index contributed by atoms with van der Waals surface area (Å²) in [7, 11) is 0. The number of anilines is 1. The van der Waals surface area contributed by atoms with Gasteiger partial charge in [0, 0.05) is 12.2 Å². The van der Waals surface area contributed by atoms with Gasteiger partial charge in [-0.05, 0) is 50.4 Å². The summed E-state index contributed by atoms with van der Waals surface area (Å²) in [5.74, 6) is 0.895. The van der Waals surface area contributed by atoms with Crippen LogP contribution in [0, 0.1) is 12.8 Å². The van der Waals surface area contributed by atoms with Crippen molar-refractivity contribution in [1.82, 2.24) is 4.90 Å². The molecule has 88 valence electrons. The van der Waals surface area contributed by atoms with Gasteiger partial charge in [-0.3, -0.25) is 4.90 Å². The molecule has 1 aromatic carbocycles. The normalized spacial score (nSPS) is 18.9. The van der Waals surface area contributed by atoms with Crippen molar-refractivity contribution >= 4 is 5.69 Å². The summed E-state index contributed by atoms with van der Waals surface area (Å²) in [6.07, 6.45) is 2.65. The number of nitrogen functional groups attached to an aromatic ring is 1. The van der Waals surface area contributed by atoms with Gasteiger partial charge in [0.25, 0.3) is 0 Å². The van der Waals surface area contributed by atoms with Gasteiger partial charge in [-0.15, -0.1) is 0 Å². The Labute approximate surface area is 98.4 Å². The van der Waals surface area contributed by atoms with Crippen LogP contribution in [-0.4, -0.2) is 18.0 Å². The zero-order chi connectivity index (χ0) is 11.5. The lowest BCUT2D eigenvalue weighted by Gasteiger charge is -2.30. The fourth-order valence-electron chi connectivity index (χ4n) is 2.33. The lowest BCUT2D eigenvalue weighted by atomic mass is 9.98. The van der Waals surface area contributed by atoms with Crippen LogP contribution in [0.15, 0.2) is 18.2 Å². The van der Waals surface area contributed by atoms with Crippen LogP contribution in [-0.2, 0) is 6.54 Å². The number of hydrogen-bond donors (Lipinski definition) is 1. The van der Waals surface area contributed by atoms with Crippen LogP contribution in [0.2, 0.25) is 0 Å². The minimum Gasteiger partial charge on any atom is -0.398 e. The zero-order valence-corrected chi connectivity index (χ0v) is 10.4. The molecule has 1 heterocycles. The highest BCUT2D eigenvalue weighted by Gasteiger charge is 2.16. The number of benzene rings is 1. The Balaban J connectivity index is 2.00. The summed E-state index contributed by atoms with van der Waals surface area (Å²) in [6.45, 7) is 7.92. The van der Waals surface area contributed by atoms with Gasteiger partial charge < -0.3 is 5.73 Å². The first-order chi connectivity index (χ1) is 7.65. The lowest BCUT2D eigenvalue weighted by Crippen LogP contribution is -2.32. The molecule has 0 unspecified atom stereocenters. The molecule has 0 saturated carbocycles. The molecule has 1 aliphatic heterocycles. The number of aryl methyl sites for hydroxylation is 1. The van der Waals surface area contributed by atoms with Crippen LogP contribution < -0.4 is 5.73 Å². The largest absolute Gasteiger partial charge is 0.398 e. The average Bonchev–Trinajstić information content (AvgIpc) is 2.27. The third kappa shape index (κ3) is 2.76. The Bertz CT molecular complexity index is 352. The second-order valence-electron chi connectivity index (χ2n) is 5.16. The fraction of sp³-hybridized carbons (Fsp3) is 0.571. The minimum atomic E-state index is 0.895. The van der Waals surface area contributed by atoms with E-state index >= 15 is 0 Å². The molecular formula is C14H22N2.